The fraction of sp³-hybridized carbons (Fsp3) is 0.312. The van der Waals surface area contributed by atoms with Crippen LogP contribution in [0, 0.1) is 18.6 Å². The molecule has 0 amide bonds. The van der Waals surface area contributed by atoms with Crippen molar-refractivity contribution < 1.29 is 13.2 Å². The first-order valence-corrected chi connectivity index (χ1v) is 7.63. The third-order valence-electron chi connectivity index (χ3n) is 4.02. The highest BCUT2D eigenvalue weighted by molar-refractivity contribution is 5.57. The Kier molecular flexibility index (Phi) is 3.61. The maximum absolute atomic E-state index is 13.9. The fourth-order valence-corrected chi connectivity index (χ4v) is 2.89. The molecular weight excluding hydrogens is 316 g/mol. The van der Waals surface area contributed by atoms with E-state index in [1.54, 1.807) is 6.92 Å². The number of nitrogens with zero attached hydrogens (tertiary/aromatic N) is 4. The van der Waals surface area contributed by atoms with E-state index in [0.29, 0.717) is 30.7 Å². The minimum absolute atomic E-state index is 0.268. The van der Waals surface area contributed by atoms with Crippen LogP contribution in [0.5, 0.6) is 0 Å². The third-order valence-corrected chi connectivity index (χ3v) is 4.02. The van der Waals surface area contributed by atoms with Gasteiger partial charge in [0.1, 0.15) is 17.5 Å². The molecule has 0 radical (unpaired) electrons. The summed E-state index contributed by atoms with van der Waals surface area (Å²) in [4.78, 5) is 9.76. The number of fused-ring (bicyclic) bond motifs is 1. The summed E-state index contributed by atoms with van der Waals surface area (Å²) < 4.78 is 32.4. The molecule has 8 heteroatoms. The highest BCUT2D eigenvalue weighted by Gasteiger charge is 2.23. The predicted octanol–water partition coefficient (Wildman–Crippen LogP) is 2.60. The topological polar surface area (TPSA) is 70.8 Å². The van der Waals surface area contributed by atoms with Crippen molar-refractivity contribution in [1.29, 1.82) is 0 Å². The summed E-state index contributed by atoms with van der Waals surface area (Å²) in [6.07, 6.45) is 0.738. The molecule has 0 bridgehead atoms. The molecule has 1 N–H and O–H groups in total. The summed E-state index contributed by atoms with van der Waals surface area (Å²) in [5.74, 6) is 0.305. The standard InChI is InChI=1S/C16H15F2N5O/c1-9-21-22-15(24-9)8-23-5-4-13-14(7-23)20-16(19-13)11-3-2-10(17)6-12(11)18/h2-3,6H,4-5,7-8H2,1H3,(H,19,20). The van der Waals surface area contributed by atoms with E-state index in [9.17, 15) is 8.78 Å². The van der Waals surface area contributed by atoms with Gasteiger partial charge in [0.25, 0.3) is 0 Å². The number of rotatable bonds is 3. The Morgan fingerprint density at radius 2 is 2.17 bits per heavy atom. The molecule has 1 aliphatic rings. The summed E-state index contributed by atoms with van der Waals surface area (Å²) >= 11 is 0. The van der Waals surface area contributed by atoms with Crippen LogP contribution in [0.1, 0.15) is 23.2 Å². The van der Waals surface area contributed by atoms with E-state index in [4.69, 9.17) is 4.42 Å². The van der Waals surface area contributed by atoms with Crippen molar-refractivity contribution in [2.45, 2.75) is 26.4 Å². The molecule has 0 saturated heterocycles. The first-order valence-electron chi connectivity index (χ1n) is 7.63. The van der Waals surface area contributed by atoms with E-state index < -0.39 is 11.6 Å². The average Bonchev–Trinajstić information content (AvgIpc) is 3.13. The molecule has 0 fully saturated rings. The summed E-state index contributed by atoms with van der Waals surface area (Å²) in [5, 5.41) is 7.82. The van der Waals surface area contributed by atoms with Gasteiger partial charge in [0.05, 0.1) is 23.5 Å². The van der Waals surface area contributed by atoms with Crippen LogP contribution in [-0.4, -0.2) is 31.6 Å². The molecule has 24 heavy (non-hydrogen) atoms. The van der Waals surface area contributed by atoms with Gasteiger partial charge >= 0.3 is 0 Å². The molecule has 0 spiro atoms. The Morgan fingerprint density at radius 3 is 2.92 bits per heavy atom. The van der Waals surface area contributed by atoms with Gasteiger partial charge in [0.15, 0.2) is 0 Å². The highest BCUT2D eigenvalue weighted by Crippen LogP contribution is 2.25. The quantitative estimate of drug-likeness (QED) is 0.799. The van der Waals surface area contributed by atoms with E-state index >= 15 is 0 Å². The van der Waals surface area contributed by atoms with Crippen molar-refractivity contribution >= 4 is 0 Å². The van der Waals surface area contributed by atoms with Crippen LogP contribution in [0.15, 0.2) is 22.6 Å². The zero-order chi connectivity index (χ0) is 16.7. The van der Waals surface area contributed by atoms with Crippen LogP contribution in [-0.2, 0) is 19.5 Å². The molecule has 3 heterocycles. The van der Waals surface area contributed by atoms with E-state index in [0.717, 1.165) is 30.4 Å². The Labute approximate surface area is 136 Å². The normalized spacial score (nSPS) is 14.8. The zero-order valence-corrected chi connectivity index (χ0v) is 13.0. The minimum atomic E-state index is -0.626. The molecule has 1 aliphatic heterocycles. The maximum Gasteiger partial charge on any atom is 0.230 e. The second-order valence-corrected chi connectivity index (χ2v) is 5.81. The highest BCUT2D eigenvalue weighted by atomic mass is 19.1. The van der Waals surface area contributed by atoms with E-state index in [2.05, 4.69) is 25.1 Å². The van der Waals surface area contributed by atoms with E-state index in [1.165, 1.54) is 12.1 Å². The lowest BCUT2D eigenvalue weighted by molar-refractivity contribution is 0.216. The molecule has 0 atom stereocenters. The molecule has 4 rings (SSSR count). The molecule has 0 aliphatic carbocycles. The Hall–Kier alpha value is -2.61. The van der Waals surface area contributed by atoms with Crippen LogP contribution in [0.3, 0.4) is 0 Å². The van der Waals surface area contributed by atoms with Crippen LogP contribution in [0.25, 0.3) is 11.4 Å². The zero-order valence-electron chi connectivity index (χ0n) is 13.0. The molecule has 1 aromatic carbocycles. The van der Waals surface area contributed by atoms with E-state index in [-0.39, 0.29) is 5.56 Å². The van der Waals surface area contributed by atoms with Crippen LogP contribution in [0.4, 0.5) is 8.78 Å². The number of aromatic amines is 1. The average molecular weight is 331 g/mol. The van der Waals surface area contributed by atoms with Crippen molar-refractivity contribution in [1.82, 2.24) is 25.1 Å². The van der Waals surface area contributed by atoms with Crippen LogP contribution in [0.2, 0.25) is 0 Å². The number of nitrogens with one attached hydrogen (secondary N) is 1. The first-order chi connectivity index (χ1) is 11.6. The Morgan fingerprint density at radius 1 is 1.29 bits per heavy atom. The van der Waals surface area contributed by atoms with Gasteiger partial charge < -0.3 is 9.40 Å². The summed E-state index contributed by atoms with van der Waals surface area (Å²) in [6, 6.07) is 3.49. The van der Waals surface area contributed by atoms with Gasteiger partial charge in [0, 0.05) is 32.5 Å². The van der Waals surface area contributed by atoms with Gasteiger partial charge in [-0.3, -0.25) is 4.90 Å². The van der Waals surface area contributed by atoms with Crippen LogP contribution >= 0.6 is 0 Å². The Balaban J connectivity index is 1.55. The molecule has 6 nitrogen and oxygen atoms in total. The minimum Gasteiger partial charge on any atom is -0.424 e. The second-order valence-electron chi connectivity index (χ2n) is 5.81. The first kappa shape index (κ1) is 14.9. The van der Waals surface area contributed by atoms with Crippen molar-refractivity contribution in [2.24, 2.45) is 0 Å². The maximum atomic E-state index is 13.9. The number of aromatic nitrogens is 4. The molecule has 0 unspecified atom stereocenters. The van der Waals surface area contributed by atoms with Crippen LogP contribution < -0.4 is 0 Å². The summed E-state index contributed by atoms with van der Waals surface area (Å²) in [6.45, 7) is 3.74. The molecule has 124 valence electrons. The SMILES string of the molecule is Cc1nnc(CN2CCc3nc(-c4ccc(F)cc4F)[nH]c3C2)o1. The molecule has 3 aromatic rings. The number of aryl methyl sites for hydroxylation is 1. The monoisotopic (exact) mass is 331 g/mol. The fourth-order valence-electron chi connectivity index (χ4n) is 2.89. The van der Waals surface area contributed by atoms with Gasteiger partial charge in [-0.1, -0.05) is 0 Å². The second kappa shape index (κ2) is 5.79. The summed E-state index contributed by atoms with van der Waals surface area (Å²) in [7, 11) is 0. The van der Waals surface area contributed by atoms with Crippen molar-refractivity contribution in [3.05, 3.63) is 53.0 Å². The van der Waals surface area contributed by atoms with Gasteiger partial charge in [-0.2, -0.15) is 0 Å². The molecule has 2 aromatic heterocycles. The van der Waals surface area contributed by atoms with Crippen molar-refractivity contribution in [2.75, 3.05) is 6.54 Å². The molecule has 0 saturated carbocycles. The third kappa shape index (κ3) is 2.80. The van der Waals surface area contributed by atoms with Crippen molar-refractivity contribution in [3.8, 4) is 11.4 Å². The Bertz CT molecular complexity index is 888. The number of hydrogen-bond acceptors (Lipinski definition) is 5. The number of H-pyrrole nitrogens is 1. The number of imidazole rings is 1. The smallest absolute Gasteiger partial charge is 0.230 e. The lowest BCUT2D eigenvalue weighted by atomic mass is 10.1. The number of benzene rings is 1. The molecular formula is C16H15F2N5O. The lowest BCUT2D eigenvalue weighted by Crippen LogP contribution is -2.30. The lowest BCUT2D eigenvalue weighted by Gasteiger charge is -2.24. The van der Waals surface area contributed by atoms with Gasteiger partial charge in [0.2, 0.25) is 11.8 Å². The predicted molar refractivity (Wildman–Crippen MR) is 80.8 cm³/mol. The van der Waals surface area contributed by atoms with Crippen molar-refractivity contribution in [3.63, 3.8) is 0 Å². The number of hydrogen-bond donors (Lipinski definition) is 1. The summed E-state index contributed by atoms with van der Waals surface area (Å²) in [5.41, 5.74) is 2.10. The van der Waals surface area contributed by atoms with E-state index in [1.807, 2.05) is 0 Å². The number of halogens is 2. The van der Waals surface area contributed by atoms with Gasteiger partial charge in [-0.25, -0.2) is 13.8 Å². The largest absolute Gasteiger partial charge is 0.424 e. The van der Waals surface area contributed by atoms with Gasteiger partial charge in [-0.15, -0.1) is 10.2 Å². The van der Waals surface area contributed by atoms with Gasteiger partial charge in [-0.05, 0) is 12.1 Å².